The van der Waals surface area contributed by atoms with E-state index in [0.29, 0.717) is 30.4 Å². The molecule has 8 nitrogen and oxygen atoms in total. The molecule has 1 fully saturated rings. The third-order valence-electron chi connectivity index (χ3n) is 6.76. The lowest BCUT2D eigenvalue weighted by molar-refractivity contribution is -0.134. The number of hydrogen-bond donors (Lipinski definition) is 2. The molecular weight excluding hydrogens is 442 g/mol. The van der Waals surface area contributed by atoms with Crippen LogP contribution in [0.4, 0.5) is 0 Å². The lowest BCUT2D eigenvalue weighted by atomic mass is 9.92. The Bertz CT molecular complexity index is 1070. The normalized spacial score (nSPS) is 17.5. The fourth-order valence-electron chi connectivity index (χ4n) is 4.68. The van der Waals surface area contributed by atoms with Crippen molar-refractivity contribution in [2.75, 3.05) is 32.7 Å². The SMILES string of the molecule is CC(=O)N1CC(Cc2cc(C(=O)NC[C@H](O)CN3CCc4ccccc4C3)nc(C(C)(C)C)n2)C1. The summed E-state index contributed by atoms with van der Waals surface area (Å²) in [5, 5.41) is 13.4. The van der Waals surface area contributed by atoms with Crippen LogP contribution in [0.2, 0.25) is 0 Å². The van der Waals surface area contributed by atoms with Gasteiger partial charge < -0.3 is 15.3 Å². The minimum absolute atomic E-state index is 0.0895. The number of aliphatic hydroxyl groups excluding tert-OH is 1. The Kier molecular flexibility index (Phi) is 7.52. The van der Waals surface area contributed by atoms with Crippen LogP contribution >= 0.6 is 0 Å². The van der Waals surface area contributed by atoms with E-state index in [0.717, 1.165) is 38.3 Å². The number of β-amino-alcohol motifs (C(OH)–C–C–N with tert-alkyl or cyclic N) is 1. The van der Waals surface area contributed by atoms with Gasteiger partial charge in [0.25, 0.3) is 5.91 Å². The average molecular weight is 480 g/mol. The summed E-state index contributed by atoms with van der Waals surface area (Å²) in [6, 6.07) is 10.2. The van der Waals surface area contributed by atoms with Gasteiger partial charge in [0.2, 0.25) is 5.91 Å². The smallest absolute Gasteiger partial charge is 0.270 e. The fraction of sp³-hybridized carbons (Fsp3) is 0.556. The van der Waals surface area contributed by atoms with E-state index in [2.05, 4.69) is 33.4 Å². The van der Waals surface area contributed by atoms with Crippen LogP contribution in [0.3, 0.4) is 0 Å². The number of fused-ring (bicyclic) bond motifs is 1. The third kappa shape index (κ3) is 6.44. The number of aromatic nitrogens is 2. The van der Waals surface area contributed by atoms with Crippen molar-refractivity contribution in [3.05, 3.63) is 58.7 Å². The standard InChI is InChI=1S/C27H37N5O3/c1-18(33)32-14-19(15-32)11-22-12-24(30-26(29-22)27(2,3)4)25(35)28-13-23(34)17-31-10-9-20-7-5-6-8-21(20)16-31/h5-8,12,19,23,34H,9-11,13-17H2,1-4H3,(H,28,35)/t23-/m0/s1. The molecule has 3 heterocycles. The Balaban J connectivity index is 1.35. The number of benzene rings is 1. The van der Waals surface area contributed by atoms with Gasteiger partial charge in [0.15, 0.2) is 0 Å². The second kappa shape index (κ2) is 10.4. The molecular formula is C27H37N5O3. The van der Waals surface area contributed by atoms with Crippen molar-refractivity contribution in [3.63, 3.8) is 0 Å². The van der Waals surface area contributed by atoms with Crippen LogP contribution in [0, 0.1) is 5.92 Å². The number of carbonyl (C=O) groups excluding carboxylic acids is 2. The van der Waals surface area contributed by atoms with Crippen molar-refractivity contribution in [3.8, 4) is 0 Å². The molecule has 2 N–H and O–H groups in total. The summed E-state index contributed by atoms with van der Waals surface area (Å²) >= 11 is 0. The molecule has 1 aromatic carbocycles. The van der Waals surface area contributed by atoms with E-state index in [1.807, 2.05) is 31.7 Å². The zero-order valence-electron chi connectivity index (χ0n) is 21.3. The molecule has 2 aliphatic heterocycles. The quantitative estimate of drug-likeness (QED) is 0.630. The van der Waals surface area contributed by atoms with Crippen molar-refractivity contribution < 1.29 is 14.7 Å². The van der Waals surface area contributed by atoms with Crippen LogP contribution in [0.25, 0.3) is 0 Å². The monoisotopic (exact) mass is 479 g/mol. The fourth-order valence-corrected chi connectivity index (χ4v) is 4.68. The first kappa shape index (κ1) is 25.3. The summed E-state index contributed by atoms with van der Waals surface area (Å²) in [6.45, 7) is 11.5. The predicted octanol–water partition coefficient (Wildman–Crippen LogP) is 1.94. The van der Waals surface area contributed by atoms with E-state index in [1.54, 1.807) is 13.0 Å². The van der Waals surface area contributed by atoms with Crippen molar-refractivity contribution in [1.82, 2.24) is 25.1 Å². The Morgan fingerprint density at radius 3 is 2.57 bits per heavy atom. The van der Waals surface area contributed by atoms with Gasteiger partial charge in [0, 0.05) is 57.3 Å². The molecule has 8 heteroatoms. The largest absolute Gasteiger partial charge is 0.390 e. The van der Waals surface area contributed by atoms with Crippen molar-refractivity contribution in [2.45, 2.75) is 58.6 Å². The Morgan fingerprint density at radius 1 is 1.17 bits per heavy atom. The van der Waals surface area contributed by atoms with Crippen LogP contribution < -0.4 is 5.32 Å². The number of amides is 2. The van der Waals surface area contributed by atoms with Crippen LogP contribution in [0.15, 0.2) is 30.3 Å². The van der Waals surface area contributed by atoms with Gasteiger partial charge in [-0.25, -0.2) is 9.97 Å². The predicted molar refractivity (Wildman–Crippen MR) is 134 cm³/mol. The number of nitrogens with one attached hydrogen (secondary N) is 1. The Morgan fingerprint density at radius 2 is 1.89 bits per heavy atom. The molecule has 0 bridgehead atoms. The zero-order chi connectivity index (χ0) is 25.2. The van der Waals surface area contributed by atoms with Gasteiger partial charge >= 0.3 is 0 Å². The molecule has 0 radical (unpaired) electrons. The third-order valence-corrected chi connectivity index (χ3v) is 6.76. The van der Waals surface area contributed by atoms with Crippen LogP contribution in [0.1, 0.15) is 60.8 Å². The van der Waals surface area contributed by atoms with Gasteiger partial charge in [-0.1, -0.05) is 45.0 Å². The molecule has 0 saturated carbocycles. The van der Waals surface area contributed by atoms with Crippen LogP contribution in [-0.2, 0) is 29.6 Å². The molecule has 2 aromatic rings. The second-order valence-corrected chi connectivity index (χ2v) is 10.9. The van der Waals surface area contributed by atoms with Gasteiger partial charge in [-0.3, -0.25) is 14.5 Å². The van der Waals surface area contributed by atoms with Crippen LogP contribution in [-0.4, -0.2) is 75.5 Å². The van der Waals surface area contributed by atoms with E-state index in [4.69, 9.17) is 4.98 Å². The highest BCUT2D eigenvalue weighted by molar-refractivity contribution is 5.92. The highest BCUT2D eigenvalue weighted by Crippen LogP contribution is 2.23. The van der Waals surface area contributed by atoms with Gasteiger partial charge in [-0.2, -0.15) is 0 Å². The van der Waals surface area contributed by atoms with E-state index in [1.165, 1.54) is 11.1 Å². The highest BCUT2D eigenvalue weighted by atomic mass is 16.3. The average Bonchev–Trinajstić information content (AvgIpc) is 2.78. The molecule has 188 valence electrons. The summed E-state index contributed by atoms with van der Waals surface area (Å²) < 4.78 is 0. The molecule has 35 heavy (non-hydrogen) atoms. The lowest BCUT2D eigenvalue weighted by Crippen LogP contribution is -2.49. The van der Waals surface area contributed by atoms with E-state index in [9.17, 15) is 14.7 Å². The first-order chi connectivity index (χ1) is 16.6. The maximum Gasteiger partial charge on any atom is 0.270 e. The molecule has 2 aliphatic rings. The van der Waals surface area contributed by atoms with Gasteiger partial charge in [-0.05, 0) is 36.0 Å². The molecule has 0 spiro atoms. The minimum Gasteiger partial charge on any atom is -0.390 e. The van der Waals surface area contributed by atoms with Crippen molar-refractivity contribution >= 4 is 11.8 Å². The number of carbonyl (C=O) groups is 2. The molecule has 0 unspecified atom stereocenters. The number of rotatable bonds is 7. The molecule has 1 atom stereocenters. The maximum absolute atomic E-state index is 13.0. The summed E-state index contributed by atoms with van der Waals surface area (Å²) in [6.07, 6.45) is 1.01. The maximum atomic E-state index is 13.0. The summed E-state index contributed by atoms with van der Waals surface area (Å²) in [7, 11) is 0. The zero-order valence-corrected chi connectivity index (χ0v) is 21.3. The molecule has 2 amide bonds. The van der Waals surface area contributed by atoms with Gasteiger partial charge in [0.1, 0.15) is 11.5 Å². The number of likely N-dealkylation sites (tertiary alicyclic amines) is 1. The molecule has 0 aliphatic carbocycles. The first-order valence-electron chi connectivity index (χ1n) is 12.5. The first-order valence-corrected chi connectivity index (χ1v) is 12.5. The summed E-state index contributed by atoms with van der Waals surface area (Å²) in [5.74, 6) is 0.748. The van der Waals surface area contributed by atoms with Gasteiger partial charge in [0.05, 0.1) is 6.10 Å². The van der Waals surface area contributed by atoms with Crippen LogP contribution in [0.5, 0.6) is 0 Å². The topological polar surface area (TPSA) is 98.7 Å². The summed E-state index contributed by atoms with van der Waals surface area (Å²) in [5.41, 5.74) is 3.51. The summed E-state index contributed by atoms with van der Waals surface area (Å²) in [4.78, 5) is 37.7. The van der Waals surface area contributed by atoms with Crippen molar-refractivity contribution in [1.29, 1.82) is 0 Å². The van der Waals surface area contributed by atoms with Gasteiger partial charge in [-0.15, -0.1) is 0 Å². The highest BCUT2D eigenvalue weighted by Gasteiger charge is 2.30. The molecule has 1 saturated heterocycles. The molecule has 1 aromatic heterocycles. The Hall–Kier alpha value is -2.84. The second-order valence-electron chi connectivity index (χ2n) is 10.9. The molecule has 4 rings (SSSR count). The Labute approximate surface area is 207 Å². The van der Waals surface area contributed by atoms with E-state index in [-0.39, 0.29) is 23.8 Å². The number of nitrogens with zero attached hydrogens (tertiary/aromatic N) is 4. The lowest BCUT2D eigenvalue weighted by Gasteiger charge is -2.38. The van der Waals surface area contributed by atoms with Crippen molar-refractivity contribution in [2.24, 2.45) is 5.92 Å². The number of hydrogen-bond acceptors (Lipinski definition) is 6. The van der Waals surface area contributed by atoms with E-state index >= 15 is 0 Å². The van der Waals surface area contributed by atoms with E-state index < -0.39 is 6.10 Å². The minimum atomic E-state index is -0.667. The number of aliphatic hydroxyl groups is 1.